The summed E-state index contributed by atoms with van der Waals surface area (Å²) < 4.78 is 13.3. The molecule has 3 aromatic rings. The first kappa shape index (κ1) is 17.1. The van der Waals surface area contributed by atoms with E-state index < -0.39 is 5.91 Å². The molecule has 1 aliphatic heterocycles. The first-order valence-corrected chi connectivity index (χ1v) is 8.78. The lowest BCUT2D eigenvalue weighted by molar-refractivity contribution is -0.117. The number of ether oxygens (including phenoxy) is 2. The van der Waals surface area contributed by atoms with Crippen LogP contribution in [0, 0.1) is 0 Å². The molecule has 4 rings (SSSR count). The number of rotatable bonds is 5. The molecule has 0 radical (unpaired) electrons. The molecular formula is C20H20N4O3. The molecule has 2 N–H and O–H groups in total. The Morgan fingerprint density at radius 3 is 2.85 bits per heavy atom. The van der Waals surface area contributed by atoms with E-state index in [9.17, 15) is 4.79 Å². The third-order valence-electron chi connectivity index (χ3n) is 4.53. The lowest BCUT2D eigenvalue weighted by Gasteiger charge is -2.25. The summed E-state index contributed by atoms with van der Waals surface area (Å²) in [6.45, 7) is 0. The zero-order valence-corrected chi connectivity index (χ0v) is 15.0. The van der Waals surface area contributed by atoms with E-state index in [0.29, 0.717) is 17.4 Å². The summed E-state index contributed by atoms with van der Waals surface area (Å²) in [6, 6.07) is 15.5. The molecule has 2 aromatic carbocycles. The van der Waals surface area contributed by atoms with E-state index in [1.54, 1.807) is 11.8 Å². The third-order valence-corrected chi connectivity index (χ3v) is 4.53. The summed E-state index contributed by atoms with van der Waals surface area (Å²) in [5.74, 6) is 2.02. The number of carbonyl (C=O) groups is 1. The minimum absolute atomic E-state index is 0.0293. The van der Waals surface area contributed by atoms with Crippen LogP contribution >= 0.6 is 0 Å². The molecule has 0 bridgehead atoms. The molecule has 138 valence electrons. The number of primary amides is 1. The van der Waals surface area contributed by atoms with Crippen LogP contribution in [0.3, 0.4) is 0 Å². The van der Waals surface area contributed by atoms with Crippen LogP contribution in [0.1, 0.15) is 29.7 Å². The Balaban J connectivity index is 1.77. The van der Waals surface area contributed by atoms with Gasteiger partial charge < -0.3 is 15.2 Å². The van der Waals surface area contributed by atoms with Gasteiger partial charge in [-0.25, -0.2) is 9.67 Å². The Hall–Kier alpha value is -3.35. The lowest BCUT2D eigenvalue weighted by Crippen LogP contribution is -2.19. The van der Waals surface area contributed by atoms with Gasteiger partial charge in [0.25, 0.3) is 0 Å². The second-order valence-electron chi connectivity index (χ2n) is 6.37. The second-order valence-corrected chi connectivity index (χ2v) is 6.37. The highest BCUT2D eigenvalue weighted by Crippen LogP contribution is 2.35. The molecular weight excluding hydrogens is 344 g/mol. The summed E-state index contributed by atoms with van der Waals surface area (Å²) in [5, 5.41) is 4.51. The number of carbonyl (C=O) groups excluding carboxylic acids is 1. The fraction of sp³-hybridized carbons (Fsp3) is 0.250. The summed E-state index contributed by atoms with van der Waals surface area (Å²) in [5.41, 5.74) is 7.25. The minimum Gasteiger partial charge on any atom is -0.494 e. The average molecular weight is 364 g/mol. The van der Waals surface area contributed by atoms with Crippen molar-refractivity contribution in [1.82, 2.24) is 14.8 Å². The number of benzene rings is 2. The maximum atomic E-state index is 11.4. The molecule has 0 unspecified atom stereocenters. The monoisotopic (exact) mass is 364 g/mol. The highest BCUT2D eigenvalue weighted by atomic mass is 16.5. The number of methoxy groups -OCH3 is 1. The number of hydrogen-bond acceptors (Lipinski definition) is 5. The average Bonchev–Trinajstić information content (AvgIpc) is 3.10. The summed E-state index contributed by atoms with van der Waals surface area (Å²) in [4.78, 5) is 15.9. The van der Waals surface area contributed by atoms with Crippen molar-refractivity contribution < 1.29 is 14.3 Å². The van der Waals surface area contributed by atoms with Crippen molar-refractivity contribution >= 4 is 5.91 Å². The quantitative estimate of drug-likeness (QED) is 0.750. The first-order chi connectivity index (χ1) is 13.2. The zero-order valence-electron chi connectivity index (χ0n) is 15.0. The summed E-state index contributed by atoms with van der Waals surface area (Å²) >= 11 is 0. The van der Waals surface area contributed by atoms with Crippen LogP contribution in [-0.4, -0.2) is 27.8 Å². The molecule has 1 aliphatic rings. The Bertz CT molecular complexity index is 983. The number of aromatic nitrogens is 3. The zero-order chi connectivity index (χ0) is 18.8. The highest BCUT2D eigenvalue weighted by molar-refractivity contribution is 5.75. The van der Waals surface area contributed by atoms with Gasteiger partial charge in [-0.15, -0.1) is 0 Å². The molecule has 0 saturated heterocycles. The van der Waals surface area contributed by atoms with Crippen LogP contribution in [0.4, 0.5) is 0 Å². The van der Waals surface area contributed by atoms with Crippen molar-refractivity contribution in [3.8, 4) is 17.2 Å². The van der Waals surface area contributed by atoms with Gasteiger partial charge in [0.1, 0.15) is 17.2 Å². The number of nitrogens with zero attached hydrogens (tertiary/aromatic N) is 3. The fourth-order valence-corrected chi connectivity index (χ4v) is 3.30. The molecule has 1 atom stereocenters. The number of para-hydroxylation sites is 3. The molecule has 0 spiro atoms. The Labute approximate surface area is 156 Å². The molecule has 1 amide bonds. The van der Waals surface area contributed by atoms with Crippen LogP contribution in [0.5, 0.6) is 11.5 Å². The van der Waals surface area contributed by atoms with Gasteiger partial charge in [0.05, 0.1) is 13.5 Å². The molecule has 2 heterocycles. The van der Waals surface area contributed by atoms with Crippen molar-refractivity contribution in [2.45, 2.75) is 25.4 Å². The predicted octanol–water partition coefficient (Wildman–Crippen LogP) is 2.37. The Morgan fingerprint density at radius 2 is 2.04 bits per heavy atom. The SMILES string of the molecule is COc1ccccc1-n1nc(CC(N)=O)nc1[C@@H]1CCc2ccccc2O1. The number of hydrogen-bond donors (Lipinski definition) is 1. The lowest BCUT2D eigenvalue weighted by atomic mass is 10.0. The van der Waals surface area contributed by atoms with Crippen molar-refractivity contribution in [3.05, 3.63) is 65.7 Å². The van der Waals surface area contributed by atoms with E-state index in [1.165, 1.54) is 5.56 Å². The van der Waals surface area contributed by atoms with E-state index in [-0.39, 0.29) is 12.5 Å². The largest absolute Gasteiger partial charge is 0.494 e. The van der Waals surface area contributed by atoms with E-state index in [0.717, 1.165) is 24.3 Å². The van der Waals surface area contributed by atoms with Crippen LogP contribution in [0.2, 0.25) is 0 Å². The fourth-order valence-electron chi connectivity index (χ4n) is 3.30. The van der Waals surface area contributed by atoms with E-state index in [1.807, 2.05) is 42.5 Å². The van der Waals surface area contributed by atoms with E-state index in [2.05, 4.69) is 16.1 Å². The van der Waals surface area contributed by atoms with Gasteiger partial charge >= 0.3 is 0 Å². The minimum atomic E-state index is -0.478. The molecule has 7 heteroatoms. The number of fused-ring (bicyclic) bond motifs is 1. The van der Waals surface area contributed by atoms with Crippen LogP contribution in [-0.2, 0) is 17.6 Å². The van der Waals surface area contributed by atoms with Crippen LogP contribution in [0.15, 0.2) is 48.5 Å². The van der Waals surface area contributed by atoms with Gasteiger partial charge in [-0.1, -0.05) is 30.3 Å². The normalized spacial score (nSPS) is 15.7. The third kappa shape index (κ3) is 3.36. The Morgan fingerprint density at radius 1 is 1.26 bits per heavy atom. The van der Waals surface area contributed by atoms with Gasteiger partial charge in [0.15, 0.2) is 17.8 Å². The van der Waals surface area contributed by atoms with Crippen molar-refractivity contribution in [2.75, 3.05) is 7.11 Å². The number of amides is 1. The number of nitrogens with two attached hydrogens (primary N) is 1. The second kappa shape index (κ2) is 7.11. The van der Waals surface area contributed by atoms with Gasteiger partial charge in [-0.3, -0.25) is 4.79 Å². The van der Waals surface area contributed by atoms with Gasteiger partial charge in [0.2, 0.25) is 5.91 Å². The molecule has 27 heavy (non-hydrogen) atoms. The summed E-state index contributed by atoms with van der Waals surface area (Å²) in [6.07, 6.45) is 1.34. The van der Waals surface area contributed by atoms with Crippen LogP contribution in [0.25, 0.3) is 5.69 Å². The smallest absolute Gasteiger partial charge is 0.225 e. The first-order valence-electron chi connectivity index (χ1n) is 8.78. The molecule has 0 fully saturated rings. The van der Waals surface area contributed by atoms with Gasteiger partial charge in [0, 0.05) is 0 Å². The number of aryl methyl sites for hydroxylation is 1. The molecule has 7 nitrogen and oxygen atoms in total. The molecule has 0 saturated carbocycles. The molecule has 0 aliphatic carbocycles. The standard InChI is InChI=1S/C20H20N4O3/c1-26-16-9-5-3-7-14(16)24-20(22-19(23-24)12-18(21)25)17-11-10-13-6-2-4-8-15(13)27-17/h2-9,17H,10-12H2,1H3,(H2,21,25)/t17-/m0/s1. The van der Waals surface area contributed by atoms with E-state index >= 15 is 0 Å². The maximum absolute atomic E-state index is 11.4. The molecule has 1 aromatic heterocycles. The van der Waals surface area contributed by atoms with E-state index in [4.69, 9.17) is 15.2 Å². The topological polar surface area (TPSA) is 92.3 Å². The van der Waals surface area contributed by atoms with Gasteiger partial charge in [-0.2, -0.15) is 5.10 Å². The summed E-state index contributed by atoms with van der Waals surface area (Å²) in [7, 11) is 1.60. The Kier molecular flexibility index (Phi) is 4.50. The maximum Gasteiger partial charge on any atom is 0.225 e. The highest BCUT2D eigenvalue weighted by Gasteiger charge is 2.28. The van der Waals surface area contributed by atoms with Crippen molar-refractivity contribution in [2.24, 2.45) is 5.73 Å². The predicted molar refractivity (Wildman–Crippen MR) is 98.9 cm³/mol. The van der Waals surface area contributed by atoms with Crippen molar-refractivity contribution in [3.63, 3.8) is 0 Å². The van der Waals surface area contributed by atoms with Crippen LogP contribution < -0.4 is 15.2 Å². The van der Waals surface area contributed by atoms with Gasteiger partial charge in [-0.05, 0) is 36.6 Å². The van der Waals surface area contributed by atoms with Crippen molar-refractivity contribution in [1.29, 1.82) is 0 Å².